The number of nitrogens with one attached hydrogen (secondary N) is 2. The summed E-state index contributed by atoms with van der Waals surface area (Å²) >= 11 is 0. The maximum atomic E-state index is 12.5. The van der Waals surface area contributed by atoms with Gasteiger partial charge >= 0.3 is 6.18 Å². The molecule has 0 bridgehead atoms. The molecular formula is C16H14F3N3O3. The largest absolute Gasteiger partial charge is 0.416 e. The van der Waals surface area contributed by atoms with Crippen molar-refractivity contribution in [2.24, 2.45) is 0 Å². The van der Waals surface area contributed by atoms with Gasteiger partial charge in [0.2, 0.25) is 5.91 Å². The van der Waals surface area contributed by atoms with E-state index >= 15 is 0 Å². The third-order valence-electron chi connectivity index (χ3n) is 3.26. The zero-order chi connectivity index (χ0) is 18.4. The van der Waals surface area contributed by atoms with Gasteiger partial charge in [-0.2, -0.15) is 13.2 Å². The zero-order valence-corrected chi connectivity index (χ0v) is 12.8. The van der Waals surface area contributed by atoms with Crippen LogP contribution in [0.2, 0.25) is 0 Å². The van der Waals surface area contributed by atoms with Crippen molar-refractivity contribution in [1.29, 1.82) is 0 Å². The molecule has 0 radical (unpaired) electrons. The van der Waals surface area contributed by atoms with Crippen LogP contribution >= 0.6 is 0 Å². The standard InChI is InChI=1S/C16H14F3N3O3/c17-16(18,19)11-5-7-12(8-6-11)21-15(23)9-10-20-13-3-1-2-4-14(13)22(24)25/h1-8,20H,9-10H2,(H,21,23). The number of rotatable bonds is 6. The lowest BCUT2D eigenvalue weighted by Gasteiger charge is -2.09. The summed E-state index contributed by atoms with van der Waals surface area (Å²) in [6.07, 6.45) is -4.44. The van der Waals surface area contributed by atoms with E-state index in [-0.39, 0.29) is 30.0 Å². The number of hydrogen-bond acceptors (Lipinski definition) is 4. The molecule has 0 fully saturated rings. The van der Waals surface area contributed by atoms with Crippen LogP contribution in [0.25, 0.3) is 0 Å². The van der Waals surface area contributed by atoms with Gasteiger partial charge in [0, 0.05) is 24.7 Å². The van der Waals surface area contributed by atoms with E-state index in [2.05, 4.69) is 10.6 Å². The molecule has 0 aromatic heterocycles. The van der Waals surface area contributed by atoms with Crippen LogP contribution in [0.5, 0.6) is 0 Å². The summed E-state index contributed by atoms with van der Waals surface area (Å²) in [5.74, 6) is -0.425. The molecule has 9 heteroatoms. The lowest BCUT2D eigenvalue weighted by Crippen LogP contribution is -2.16. The van der Waals surface area contributed by atoms with Gasteiger partial charge in [0.15, 0.2) is 0 Å². The molecule has 0 atom stereocenters. The number of nitro groups is 1. The normalized spacial score (nSPS) is 11.0. The molecular weight excluding hydrogens is 339 g/mol. The van der Waals surface area contributed by atoms with Gasteiger partial charge in [0.05, 0.1) is 10.5 Å². The Morgan fingerprint density at radius 1 is 1.08 bits per heavy atom. The van der Waals surface area contributed by atoms with Gasteiger partial charge in [-0.1, -0.05) is 12.1 Å². The predicted molar refractivity (Wildman–Crippen MR) is 86.3 cm³/mol. The van der Waals surface area contributed by atoms with Gasteiger partial charge in [0.1, 0.15) is 5.69 Å². The Morgan fingerprint density at radius 2 is 1.72 bits per heavy atom. The molecule has 0 saturated carbocycles. The van der Waals surface area contributed by atoms with Crippen LogP contribution in [-0.4, -0.2) is 17.4 Å². The van der Waals surface area contributed by atoms with Gasteiger partial charge < -0.3 is 10.6 Å². The van der Waals surface area contributed by atoms with Crippen molar-refractivity contribution in [3.05, 3.63) is 64.2 Å². The van der Waals surface area contributed by atoms with Crippen LogP contribution in [0.3, 0.4) is 0 Å². The van der Waals surface area contributed by atoms with E-state index in [1.807, 2.05) is 0 Å². The van der Waals surface area contributed by atoms with Crippen LogP contribution in [-0.2, 0) is 11.0 Å². The highest BCUT2D eigenvalue weighted by atomic mass is 19.4. The Morgan fingerprint density at radius 3 is 2.32 bits per heavy atom. The van der Waals surface area contributed by atoms with Gasteiger partial charge in [-0.3, -0.25) is 14.9 Å². The first-order chi connectivity index (χ1) is 11.8. The summed E-state index contributed by atoms with van der Waals surface area (Å²) in [6, 6.07) is 10.1. The molecule has 0 aliphatic rings. The summed E-state index contributed by atoms with van der Waals surface area (Å²) in [5.41, 5.74) is -0.382. The molecule has 25 heavy (non-hydrogen) atoms. The second-order valence-electron chi connectivity index (χ2n) is 5.07. The Bertz CT molecular complexity index is 761. The topological polar surface area (TPSA) is 84.3 Å². The summed E-state index contributed by atoms with van der Waals surface area (Å²) in [6.45, 7) is 0.136. The first-order valence-corrected chi connectivity index (χ1v) is 7.22. The van der Waals surface area contributed by atoms with Gasteiger partial charge in [-0.25, -0.2) is 0 Å². The molecule has 1 amide bonds. The van der Waals surface area contributed by atoms with Crippen molar-refractivity contribution in [3.8, 4) is 0 Å². The van der Waals surface area contributed by atoms with E-state index < -0.39 is 22.6 Å². The lowest BCUT2D eigenvalue weighted by atomic mass is 10.2. The highest BCUT2D eigenvalue weighted by molar-refractivity contribution is 5.91. The number of hydrogen-bond donors (Lipinski definition) is 2. The van der Waals surface area contributed by atoms with Crippen molar-refractivity contribution in [2.45, 2.75) is 12.6 Å². The SMILES string of the molecule is O=C(CCNc1ccccc1[N+](=O)[O-])Nc1ccc(C(F)(F)F)cc1. The molecule has 2 aromatic rings. The Balaban J connectivity index is 1.86. The molecule has 132 valence electrons. The van der Waals surface area contributed by atoms with Gasteiger partial charge in [-0.15, -0.1) is 0 Å². The fourth-order valence-electron chi connectivity index (χ4n) is 2.06. The maximum Gasteiger partial charge on any atom is 0.416 e. The number of carbonyl (C=O) groups is 1. The van der Waals surface area contributed by atoms with E-state index in [0.29, 0.717) is 0 Å². The molecule has 6 nitrogen and oxygen atoms in total. The minimum absolute atomic E-state index is 0.00687. The van der Waals surface area contributed by atoms with Crippen LogP contribution in [0.1, 0.15) is 12.0 Å². The third-order valence-corrected chi connectivity index (χ3v) is 3.26. The molecule has 0 heterocycles. The molecule has 0 aliphatic heterocycles. The number of benzene rings is 2. The van der Waals surface area contributed by atoms with Crippen LogP contribution in [0.4, 0.5) is 30.2 Å². The van der Waals surface area contributed by atoms with E-state index in [0.717, 1.165) is 24.3 Å². The molecule has 0 unspecified atom stereocenters. The fourth-order valence-corrected chi connectivity index (χ4v) is 2.06. The Labute approximate surface area is 140 Å². The maximum absolute atomic E-state index is 12.5. The van der Waals surface area contributed by atoms with Gasteiger partial charge in [0.25, 0.3) is 5.69 Å². The van der Waals surface area contributed by atoms with Gasteiger partial charge in [-0.05, 0) is 30.3 Å². The number of halogens is 3. The summed E-state index contributed by atoms with van der Waals surface area (Å²) in [4.78, 5) is 22.1. The average Bonchev–Trinajstić information content (AvgIpc) is 2.55. The van der Waals surface area contributed by atoms with E-state index in [1.54, 1.807) is 6.07 Å². The van der Waals surface area contributed by atoms with Crippen LogP contribution in [0, 0.1) is 10.1 Å². The predicted octanol–water partition coefficient (Wildman–Crippen LogP) is 4.05. The highest BCUT2D eigenvalue weighted by Gasteiger charge is 2.29. The van der Waals surface area contributed by atoms with Crippen LogP contribution in [0.15, 0.2) is 48.5 Å². The minimum atomic E-state index is -4.43. The van der Waals surface area contributed by atoms with Crippen LogP contribution < -0.4 is 10.6 Å². The van der Waals surface area contributed by atoms with Crippen molar-refractivity contribution in [1.82, 2.24) is 0 Å². The summed E-state index contributed by atoms with van der Waals surface area (Å²) in [7, 11) is 0. The van der Waals surface area contributed by atoms with E-state index in [9.17, 15) is 28.1 Å². The first-order valence-electron chi connectivity index (χ1n) is 7.22. The number of anilines is 2. The number of nitrogens with zero attached hydrogens (tertiary/aromatic N) is 1. The second-order valence-corrected chi connectivity index (χ2v) is 5.07. The average molecular weight is 353 g/mol. The molecule has 2 N–H and O–H groups in total. The summed E-state index contributed by atoms with van der Waals surface area (Å²) in [5, 5.41) is 16.1. The first kappa shape index (κ1) is 18.2. The fraction of sp³-hybridized carbons (Fsp3) is 0.188. The lowest BCUT2D eigenvalue weighted by molar-refractivity contribution is -0.384. The molecule has 0 aliphatic carbocycles. The monoisotopic (exact) mass is 353 g/mol. The number of carbonyl (C=O) groups excluding carboxylic acids is 1. The van der Waals surface area contributed by atoms with Crippen molar-refractivity contribution >= 4 is 23.0 Å². The van der Waals surface area contributed by atoms with Crippen molar-refractivity contribution in [2.75, 3.05) is 17.2 Å². The molecule has 0 spiro atoms. The highest BCUT2D eigenvalue weighted by Crippen LogP contribution is 2.29. The number of nitro benzene ring substituents is 1. The Kier molecular flexibility index (Phi) is 5.58. The number of amides is 1. The molecule has 0 saturated heterocycles. The van der Waals surface area contributed by atoms with Crippen molar-refractivity contribution in [3.63, 3.8) is 0 Å². The summed E-state index contributed by atoms with van der Waals surface area (Å²) < 4.78 is 37.4. The van der Waals surface area contributed by atoms with E-state index in [4.69, 9.17) is 0 Å². The number of para-hydroxylation sites is 2. The van der Waals surface area contributed by atoms with Crippen molar-refractivity contribution < 1.29 is 22.9 Å². The smallest absolute Gasteiger partial charge is 0.379 e. The quantitative estimate of drug-likeness (QED) is 0.606. The Hall–Kier alpha value is -3.10. The second kappa shape index (κ2) is 7.65. The number of alkyl halides is 3. The minimum Gasteiger partial charge on any atom is -0.379 e. The molecule has 2 rings (SSSR count). The molecule has 2 aromatic carbocycles. The zero-order valence-electron chi connectivity index (χ0n) is 12.8. The third kappa shape index (κ3) is 5.20. The van der Waals surface area contributed by atoms with E-state index in [1.165, 1.54) is 18.2 Å².